The van der Waals surface area contributed by atoms with Gasteiger partial charge in [-0.15, -0.1) is 11.8 Å². The Bertz CT molecular complexity index is 473. The number of Topliss-reactive ketones (excluding diaryl/α,β-unsaturated/α-hetero) is 1. The number of ketones is 1. The minimum absolute atomic E-state index is 0.117. The number of hydrogen-bond acceptors (Lipinski definition) is 3. The van der Waals surface area contributed by atoms with Crippen molar-refractivity contribution in [3.8, 4) is 0 Å². The molecule has 0 saturated carbocycles. The average Bonchev–Trinajstić information content (AvgIpc) is 2.40. The summed E-state index contributed by atoms with van der Waals surface area (Å²) in [4.78, 5) is 12.6. The van der Waals surface area contributed by atoms with E-state index < -0.39 is 0 Å². The van der Waals surface area contributed by atoms with Crippen molar-refractivity contribution >= 4 is 29.3 Å². The van der Waals surface area contributed by atoms with Crippen molar-refractivity contribution in [3.63, 3.8) is 0 Å². The van der Waals surface area contributed by atoms with Crippen LogP contribution in [0.2, 0.25) is 0 Å². The summed E-state index contributed by atoms with van der Waals surface area (Å²) in [7, 11) is 0. The lowest BCUT2D eigenvalue weighted by atomic mass is 9.86. The van der Waals surface area contributed by atoms with E-state index in [0.29, 0.717) is 16.3 Å². The zero-order valence-corrected chi connectivity index (χ0v) is 14.6. The van der Waals surface area contributed by atoms with Crippen LogP contribution in [0.25, 0.3) is 0 Å². The molecule has 0 amide bonds. The third-order valence-electron chi connectivity index (χ3n) is 3.88. The van der Waals surface area contributed by atoms with Gasteiger partial charge in [-0.3, -0.25) is 4.79 Å². The molecule has 0 radical (unpaired) electrons. The molecular formula is C17H24OS2. The molecular weight excluding hydrogens is 284 g/mol. The highest BCUT2D eigenvalue weighted by molar-refractivity contribution is 8.08. The second-order valence-electron chi connectivity index (χ2n) is 6.56. The van der Waals surface area contributed by atoms with Crippen molar-refractivity contribution in [1.29, 1.82) is 0 Å². The smallest absolute Gasteiger partial charge is 0.176 e. The molecule has 0 aromatic heterocycles. The fourth-order valence-corrected chi connectivity index (χ4v) is 5.12. The van der Waals surface area contributed by atoms with E-state index in [-0.39, 0.29) is 10.7 Å². The Hall–Kier alpha value is -0.410. The van der Waals surface area contributed by atoms with Crippen molar-refractivity contribution in [3.05, 3.63) is 35.4 Å². The van der Waals surface area contributed by atoms with Gasteiger partial charge in [0.25, 0.3) is 0 Å². The van der Waals surface area contributed by atoms with E-state index in [1.54, 1.807) is 0 Å². The standard InChI is InChI=1S/C17H24OS2/c1-11-12(2)20-15(10-19-11)16(18)13-6-8-14(9-7-13)17(3,4)5/h6-9,11-12,15H,10H2,1-5H3. The van der Waals surface area contributed by atoms with E-state index >= 15 is 0 Å². The van der Waals surface area contributed by atoms with Gasteiger partial charge in [-0.1, -0.05) is 58.9 Å². The average molecular weight is 309 g/mol. The summed E-state index contributed by atoms with van der Waals surface area (Å²) in [6.07, 6.45) is 0. The highest BCUT2D eigenvalue weighted by Gasteiger charge is 2.30. The van der Waals surface area contributed by atoms with Crippen molar-refractivity contribution in [2.45, 2.75) is 55.8 Å². The minimum Gasteiger partial charge on any atom is -0.293 e. The minimum atomic E-state index is 0.117. The van der Waals surface area contributed by atoms with E-state index in [0.717, 1.165) is 11.3 Å². The molecule has 3 unspecified atom stereocenters. The molecule has 1 aromatic carbocycles. The maximum Gasteiger partial charge on any atom is 0.176 e. The molecule has 1 aromatic rings. The van der Waals surface area contributed by atoms with Gasteiger partial charge >= 0.3 is 0 Å². The van der Waals surface area contributed by atoms with Crippen LogP contribution in [0.4, 0.5) is 0 Å². The lowest BCUT2D eigenvalue weighted by Gasteiger charge is -2.30. The number of carbonyl (C=O) groups excluding carboxylic acids is 1. The van der Waals surface area contributed by atoms with Crippen LogP contribution in [0.15, 0.2) is 24.3 Å². The first-order chi connectivity index (χ1) is 9.29. The first kappa shape index (κ1) is 16.0. The maximum atomic E-state index is 12.6. The Morgan fingerprint density at radius 2 is 1.70 bits per heavy atom. The van der Waals surface area contributed by atoms with Gasteiger partial charge in [-0.25, -0.2) is 0 Å². The molecule has 0 bridgehead atoms. The predicted molar refractivity (Wildman–Crippen MR) is 92.2 cm³/mol. The summed E-state index contributed by atoms with van der Waals surface area (Å²) in [6, 6.07) is 8.19. The van der Waals surface area contributed by atoms with Crippen LogP contribution in [-0.4, -0.2) is 27.3 Å². The van der Waals surface area contributed by atoms with Gasteiger partial charge in [0, 0.05) is 21.8 Å². The quantitative estimate of drug-likeness (QED) is 0.731. The van der Waals surface area contributed by atoms with E-state index in [1.165, 1.54) is 5.56 Å². The van der Waals surface area contributed by atoms with Crippen LogP contribution in [0.3, 0.4) is 0 Å². The van der Waals surface area contributed by atoms with Gasteiger partial charge in [-0.2, -0.15) is 11.8 Å². The molecule has 1 aliphatic heterocycles. The summed E-state index contributed by atoms with van der Waals surface area (Å²) in [5.41, 5.74) is 2.28. The van der Waals surface area contributed by atoms with Crippen LogP contribution in [0, 0.1) is 0 Å². The third kappa shape index (κ3) is 3.62. The third-order valence-corrected chi connectivity index (χ3v) is 7.27. The predicted octanol–water partition coefficient (Wildman–Crippen LogP) is 4.79. The molecule has 1 fully saturated rings. The van der Waals surface area contributed by atoms with E-state index in [1.807, 2.05) is 35.7 Å². The van der Waals surface area contributed by atoms with Crippen LogP contribution < -0.4 is 0 Å². The molecule has 1 saturated heterocycles. The molecule has 0 aliphatic carbocycles. The highest BCUT2D eigenvalue weighted by Crippen LogP contribution is 2.37. The normalized spacial score (nSPS) is 27.4. The Labute approximate surface area is 131 Å². The number of carbonyl (C=O) groups is 1. The molecule has 0 spiro atoms. The molecule has 0 N–H and O–H groups in total. The number of rotatable bonds is 2. The maximum absolute atomic E-state index is 12.6. The molecule has 20 heavy (non-hydrogen) atoms. The van der Waals surface area contributed by atoms with E-state index in [9.17, 15) is 4.79 Å². The summed E-state index contributed by atoms with van der Waals surface area (Å²) >= 11 is 3.76. The summed E-state index contributed by atoms with van der Waals surface area (Å²) in [6.45, 7) is 11.1. The summed E-state index contributed by atoms with van der Waals surface area (Å²) in [5, 5.41) is 1.32. The zero-order valence-electron chi connectivity index (χ0n) is 13.0. The van der Waals surface area contributed by atoms with E-state index in [4.69, 9.17) is 0 Å². The highest BCUT2D eigenvalue weighted by atomic mass is 32.2. The largest absolute Gasteiger partial charge is 0.293 e. The topological polar surface area (TPSA) is 17.1 Å². The van der Waals surface area contributed by atoms with E-state index in [2.05, 4.69) is 46.8 Å². The van der Waals surface area contributed by atoms with Crippen LogP contribution in [0.5, 0.6) is 0 Å². The van der Waals surface area contributed by atoms with Gasteiger partial charge in [-0.05, 0) is 11.0 Å². The molecule has 1 aliphatic rings. The van der Waals surface area contributed by atoms with Crippen LogP contribution in [-0.2, 0) is 5.41 Å². The molecule has 3 atom stereocenters. The molecule has 1 heterocycles. The van der Waals surface area contributed by atoms with Crippen molar-refractivity contribution in [2.75, 3.05) is 5.75 Å². The van der Waals surface area contributed by atoms with Gasteiger partial charge in [0.05, 0.1) is 5.25 Å². The first-order valence-electron chi connectivity index (χ1n) is 7.21. The van der Waals surface area contributed by atoms with Gasteiger partial charge in [0.1, 0.15) is 0 Å². The SMILES string of the molecule is CC1SCC(C(=O)c2ccc(C(C)(C)C)cc2)SC1C. The summed E-state index contributed by atoms with van der Waals surface area (Å²) in [5.74, 6) is 1.23. The van der Waals surface area contributed by atoms with Crippen molar-refractivity contribution in [2.24, 2.45) is 0 Å². The zero-order chi connectivity index (χ0) is 14.9. The number of benzene rings is 1. The van der Waals surface area contributed by atoms with Gasteiger partial charge in [0.2, 0.25) is 0 Å². The fourth-order valence-electron chi connectivity index (χ4n) is 2.24. The second kappa shape index (κ2) is 6.15. The molecule has 1 nitrogen and oxygen atoms in total. The molecule has 3 heteroatoms. The van der Waals surface area contributed by atoms with Crippen LogP contribution in [0.1, 0.15) is 50.5 Å². The monoisotopic (exact) mass is 308 g/mol. The Morgan fingerprint density at radius 1 is 1.10 bits per heavy atom. The Kier molecular flexibility index (Phi) is 4.91. The Morgan fingerprint density at radius 3 is 2.20 bits per heavy atom. The fraction of sp³-hybridized carbons (Fsp3) is 0.588. The van der Waals surface area contributed by atoms with Crippen molar-refractivity contribution < 1.29 is 4.79 Å². The van der Waals surface area contributed by atoms with Gasteiger partial charge < -0.3 is 0 Å². The first-order valence-corrected chi connectivity index (χ1v) is 9.20. The second-order valence-corrected chi connectivity index (χ2v) is 9.55. The molecule has 2 rings (SSSR count). The van der Waals surface area contributed by atoms with Crippen molar-refractivity contribution in [1.82, 2.24) is 0 Å². The lowest BCUT2D eigenvalue weighted by molar-refractivity contribution is 0.0994. The summed E-state index contributed by atoms with van der Waals surface area (Å²) < 4.78 is 0. The lowest BCUT2D eigenvalue weighted by Crippen LogP contribution is -2.31. The number of hydrogen-bond donors (Lipinski definition) is 0. The van der Waals surface area contributed by atoms with Crippen LogP contribution >= 0.6 is 23.5 Å². The Balaban J connectivity index is 2.10. The van der Waals surface area contributed by atoms with Gasteiger partial charge in [0.15, 0.2) is 5.78 Å². The number of thioether (sulfide) groups is 2. The molecule has 110 valence electrons.